The van der Waals surface area contributed by atoms with Crippen LogP contribution in [-0.2, 0) is 6.54 Å². The van der Waals surface area contributed by atoms with E-state index in [2.05, 4.69) is 33.5 Å². The van der Waals surface area contributed by atoms with Crippen LogP contribution in [0.2, 0.25) is 0 Å². The summed E-state index contributed by atoms with van der Waals surface area (Å²) in [4.78, 5) is 0. The third kappa shape index (κ3) is 4.37. The van der Waals surface area contributed by atoms with Gasteiger partial charge < -0.3 is 10.6 Å². The molecule has 1 aromatic carbocycles. The highest BCUT2D eigenvalue weighted by Crippen LogP contribution is 2.18. The van der Waals surface area contributed by atoms with Crippen LogP contribution >= 0.6 is 15.9 Å². The molecule has 2 rings (SSSR count). The smallest absolute Gasteiger partial charge is 0.137 e. The van der Waals surface area contributed by atoms with Crippen molar-refractivity contribution in [2.75, 3.05) is 6.54 Å². The number of hydrogen-bond acceptors (Lipinski definition) is 2. The largest absolute Gasteiger partial charge is 0.312 e. The van der Waals surface area contributed by atoms with Crippen LogP contribution in [0.3, 0.4) is 0 Å². The van der Waals surface area contributed by atoms with E-state index in [9.17, 15) is 4.39 Å². The number of hydrogen-bond donors (Lipinski definition) is 2. The van der Waals surface area contributed by atoms with Gasteiger partial charge in [-0.05, 0) is 53.4 Å². The molecule has 0 aliphatic heterocycles. The third-order valence-electron chi connectivity index (χ3n) is 2.93. The molecule has 94 valence electrons. The van der Waals surface area contributed by atoms with Gasteiger partial charge in [0.25, 0.3) is 0 Å². The van der Waals surface area contributed by atoms with Gasteiger partial charge in [-0.15, -0.1) is 0 Å². The first-order chi connectivity index (χ1) is 8.15. The fourth-order valence-corrected chi connectivity index (χ4v) is 2.07. The molecule has 1 aliphatic rings. The average molecular weight is 301 g/mol. The molecule has 1 saturated carbocycles. The van der Waals surface area contributed by atoms with Crippen LogP contribution in [0.4, 0.5) is 4.39 Å². The second-order valence-electron chi connectivity index (χ2n) is 4.71. The van der Waals surface area contributed by atoms with Crippen molar-refractivity contribution in [3.8, 4) is 0 Å². The summed E-state index contributed by atoms with van der Waals surface area (Å²) in [5.74, 6) is -0.211. The Labute approximate surface area is 110 Å². The summed E-state index contributed by atoms with van der Waals surface area (Å²) in [6, 6.07) is 6.31. The Balaban J connectivity index is 1.73. The van der Waals surface area contributed by atoms with E-state index in [0.29, 0.717) is 10.5 Å². The SMILES string of the molecule is CC(CNC1CC1)NCc1ccc(F)c(Br)c1. The molecule has 2 nitrogen and oxygen atoms in total. The van der Waals surface area contributed by atoms with Gasteiger partial charge in [-0.25, -0.2) is 4.39 Å². The maximum absolute atomic E-state index is 13.0. The molecular formula is C13H18BrFN2. The maximum atomic E-state index is 13.0. The van der Waals surface area contributed by atoms with E-state index in [1.807, 2.05) is 12.1 Å². The number of nitrogens with one attached hydrogen (secondary N) is 2. The number of halogens is 2. The first kappa shape index (κ1) is 13.0. The van der Waals surface area contributed by atoms with Crippen LogP contribution in [0.5, 0.6) is 0 Å². The summed E-state index contributed by atoms with van der Waals surface area (Å²) in [5, 5.41) is 6.90. The lowest BCUT2D eigenvalue weighted by molar-refractivity contribution is 0.499. The van der Waals surface area contributed by atoms with Gasteiger partial charge in [0.2, 0.25) is 0 Å². The van der Waals surface area contributed by atoms with Gasteiger partial charge in [0.1, 0.15) is 5.82 Å². The highest BCUT2D eigenvalue weighted by Gasteiger charge is 2.20. The summed E-state index contributed by atoms with van der Waals surface area (Å²) in [7, 11) is 0. The third-order valence-corrected chi connectivity index (χ3v) is 3.54. The van der Waals surface area contributed by atoms with Crippen molar-refractivity contribution in [2.24, 2.45) is 0 Å². The van der Waals surface area contributed by atoms with Crippen molar-refractivity contribution < 1.29 is 4.39 Å². The summed E-state index contributed by atoms with van der Waals surface area (Å²) in [6.45, 7) is 3.92. The molecular weight excluding hydrogens is 283 g/mol. The van der Waals surface area contributed by atoms with E-state index < -0.39 is 0 Å². The predicted octanol–water partition coefficient (Wildman–Crippen LogP) is 2.82. The lowest BCUT2D eigenvalue weighted by Gasteiger charge is -2.14. The van der Waals surface area contributed by atoms with E-state index in [-0.39, 0.29) is 5.82 Å². The standard InChI is InChI=1S/C13H18BrFN2/c1-9(7-17-11-3-4-11)16-8-10-2-5-13(15)12(14)6-10/h2,5-6,9,11,16-17H,3-4,7-8H2,1H3. The van der Waals surface area contributed by atoms with Crippen molar-refractivity contribution in [3.63, 3.8) is 0 Å². The van der Waals surface area contributed by atoms with Gasteiger partial charge in [0.15, 0.2) is 0 Å². The van der Waals surface area contributed by atoms with E-state index >= 15 is 0 Å². The molecule has 0 bridgehead atoms. The Morgan fingerprint density at radius 3 is 2.88 bits per heavy atom. The Morgan fingerprint density at radius 2 is 2.24 bits per heavy atom. The van der Waals surface area contributed by atoms with Gasteiger partial charge >= 0.3 is 0 Å². The molecule has 2 N–H and O–H groups in total. The second-order valence-corrected chi connectivity index (χ2v) is 5.57. The van der Waals surface area contributed by atoms with Gasteiger partial charge in [0, 0.05) is 25.2 Å². The molecule has 1 aromatic rings. The first-order valence-corrected chi connectivity index (χ1v) is 6.85. The molecule has 0 aromatic heterocycles. The quantitative estimate of drug-likeness (QED) is 0.844. The topological polar surface area (TPSA) is 24.1 Å². The van der Waals surface area contributed by atoms with E-state index in [1.165, 1.54) is 18.9 Å². The Bertz CT molecular complexity index is 380. The molecule has 0 heterocycles. The fourth-order valence-electron chi connectivity index (χ4n) is 1.64. The van der Waals surface area contributed by atoms with Crippen LogP contribution < -0.4 is 10.6 Å². The molecule has 0 spiro atoms. The fraction of sp³-hybridized carbons (Fsp3) is 0.538. The van der Waals surface area contributed by atoms with E-state index in [0.717, 1.165) is 24.7 Å². The van der Waals surface area contributed by atoms with Crippen molar-refractivity contribution in [3.05, 3.63) is 34.1 Å². The molecule has 1 atom stereocenters. The van der Waals surface area contributed by atoms with E-state index in [4.69, 9.17) is 0 Å². The molecule has 4 heteroatoms. The van der Waals surface area contributed by atoms with Crippen molar-refractivity contribution in [1.29, 1.82) is 0 Å². The van der Waals surface area contributed by atoms with Crippen LogP contribution in [0.25, 0.3) is 0 Å². The molecule has 1 aliphatic carbocycles. The summed E-state index contributed by atoms with van der Waals surface area (Å²) < 4.78 is 13.6. The summed E-state index contributed by atoms with van der Waals surface area (Å²) in [5.41, 5.74) is 1.09. The zero-order valence-electron chi connectivity index (χ0n) is 9.97. The minimum absolute atomic E-state index is 0.211. The van der Waals surface area contributed by atoms with Crippen LogP contribution in [0.15, 0.2) is 22.7 Å². The molecule has 0 radical (unpaired) electrons. The molecule has 17 heavy (non-hydrogen) atoms. The van der Waals surface area contributed by atoms with Crippen LogP contribution in [0, 0.1) is 5.82 Å². The minimum Gasteiger partial charge on any atom is -0.312 e. The van der Waals surface area contributed by atoms with E-state index in [1.54, 1.807) is 0 Å². The summed E-state index contributed by atoms with van der Waals surface area (Å²) in [6.07, 6.45) is 2.63. The van der Waals surface area contributed by atoms with Gasteiger partial charge in [-0.1, -0.05) is 6.07 Å². The number of benzene rings is 1. The average Bonchev–Trinajstić information content (AvgIpc) is 3.12. The Kier molecular flexibility index (Phi) is 4.54. The second kappa shape index (κ2) is 5.94. The van der Waals surface area contributed by atoms with Gasteiger partial charge in [-0.2, -0.15) is 0 Å². The zero-order valence-corrected chi connectivity index (χ0v) is 11.6. The molecule has 1 fully saturated rings. The van der Waals surface area contributed by atoms with Gasteiger partial charge in [0.05, 0.1) is 4.47 Å². The summed E-state index contributed by atoms with van der Waals surface area (Å²) >= 11 is 3.20. The lowest BCUT2D eigenvalue weighted by Crippen LogP contribution is -2.36. The normalized spacial score (nSPS) is 17.1. The predicted molar refractivity (Wildman–Crippen MR) is 71.4 cm³/mol. The Morgan fingerprint density at radius 1 is 1.47 bits per heavy atom. The van der Waals surface area contributed by atoms with Crippen LogP contribution in [-0.4, -0.2) is 18.6 Å². The van der Waals surface area contributed by atoms with Crippen molar-refractivity contribution >= 4 is 15.9 Å². The molecule has 0 saturated heterocycles. The monoisotopic (exact) mass is 300 g/mol. The van der Waals surface area contributed by atoms with Crippen LogP contribution in [0.1, 0.15) is 25.3 Å². The van der Waals surface area contributed by atoms with Gasteiger partial charge in [-0.3, -0.25) is 0 Å². The first-order valence-electron chi connectivity index (χ1n) is 6.06. The zero-order chi connectivity index (χ0) is 12.3. The van der Waals surface area contributed by atoms with Crippen molar-refractivity contribution in [2.45, 2.75) is 38.4 Å². The van der Waals surface area contributed by atoms with Crippen molar-refractivity contribution in [1.82, 2.24) is 10.6 Å². The highest BCUT2D eigenvalue weighted by molar-refractivity contribution is 9.10. The highest BCUT2D eigenvalue weighted by atomic mass is 79.9. The molecule has 0 amide bonds. The lowest BCUT2D eigenvalue weighted by atomic mass is 10.2. The number of rotatable bonds is 6. The Hall–Kier alpha value is -0.450. The minimum atomic E-state index is -0.211. The molecule has 1 unspecified atom stereocenters. The maximum Gasteiger partial charge on any atom is 0.137 e.